The highest BCUT2D eigenvalue weighted by atomic mass is 16.7. The van der Waals surface area contributed by atoms with E-state index in [0.29, 0.717) is 9.96 Å². The minimum Gasteiger partial charge on any atom is -0.443 e. The molecule has 0 radical (unpaired) electrons. The van der Waals surface area contributed by atoms with Crippen molar-refractivity contribution in [1.29, 1.82) is 0 Å². The first-order valence-corrected chi connectivity index (χ1v) is 6.14. The summed E-state index contributed by atoms with van der Waals surface area (Å²) >= 11 is 0. The molecule has 0 saturated carbocycles. The van der Waals surface area contributed by atoms with Crippen molar-refractivity contribution < 1.29 is 38.3 Å². The third-order valence-electron chi connectivity index (χ3n) is 2.74. The molecule has 22 heavy (non-hydrogen) atoms. The van der Waals surface area contributed by atoms with Crippen LogP contribution in [0.4, 0.5) is 0 Å². The van der Waals surface area contributed by atoms with Gasteiger partial charge in [0, 0.05) is 25.0 Å². The topological polar surface area (TPSA) is 127 Å². The number of carbonyl (C=O) groups is 6. The predicted molar refractivity (Wildman–Crippen MR) is 63.7 cm³/mol. The van der Waals surface area contributed by atoms with Gasteiger partial charge in [-0.2, -0.15) is 0 Å². The highest BCUT2D eigenvalue weighted by Crippen LogP contribution is 2.12. The molecular formula is C12H10N2O8. The summed E-state index contributed by atoms with van der Waals surface area (Å²) in [6.07, 6.45) is 1.01. The zero-order valence-electron chi connectivity index (χ0n) is 11.1. The summed E-state index contributed by atoms with van der Waals surface area (Å²) in [6, 6.07) is 0. The fourth-order valence-corrected chi connectivity index (χ4v) is 1.66. The van der Waals surface area contributed by atoms with Crippen LogP contribution in [-0.4, -0.2) is 52.3 Å². The van der Waals surface area contributed by atoms with E-state index in [2.05, 4.69) is 9.57 Å². The summed E-state index contributed by atoms with van der Waals surface area (Å²) in [4.78, 5) is 72.6. The zero-order chi connectivity index (χ0) is 16.3. The molecular weight excluding hydrogens is 300 g/mol. The summed E-state index contributed by atoms with van der Waals surface area (Å²) in [6.45, 7) is -0.641. The van der Waals surface area contributed by atoms with Crippen molar-refractivity contribution in [2.75, 3.05) is 6.73 Å². The van der Waals surface area contributed by atoms with Gasteiger partial charge in [0.25, 0.3) is 23.6 Å². The maximum Gasteiger partial charge on any atom is 0.344 e. The van der Waals surface area contributed by atoms with E-state index in [0.717, 1.165) is 12.2 Å². The number of amides is 4. The summed E-state index contributed by atoms with van der Waals surface area (Å²) in [7, 11) is 0. The second kappa shape index (κ2) is 6.16. The first kappa shape index (κ1) is 15.4. The number of hydrogen-bond acceptors (Lipinski definition) is 8. The van der Waals surface area contributed by atoms with Crippen LogP contribution in [0.2, 0.25) is 0 Å². The van der Waals surface area contributed by atoms with Gasteiger partial charge in [0.2, 0.25) is 0 Å². The van der Waals surface area contributed by atoms with E-state index in [1.54, 1.807) is 0 Å². The molecule has 1 saturated heterocycles. The number of esters is 1. The third-order valence-corrected chi connectivity index (χ3v) is 2.74. The van der Waals surface area contributed by atoms with Crippen LogP contribution in [0.3, 0.4) is 0 Å². The largest absolute Gasteiger partial charge is 0.443 e. The van der Waals surface area contributed by atoms with Crippen molar-refractivity contribution in [3.05, 3.63) is 12.2 Å². The Morgan fingerprint density at radius 1 is 0.955 bits per heavy atom. The normalized spacial score (nSPS) is 17.5. The Bertz CT molecular complexity index is 574. The molecule has 0 atom stereocenters. The van der Waals surface area contributed by atoms with Crippen LogP contribution in [-0.2, 0) is 38.3 Å². The smallest absolute Gasteiger partial charge is 0.344 e. The highest BCUT2D eigenvalue weighted by Gasteiger charge is 2.33. The van der Waals surface area contributed by atoms with E-state index in [1.165, 1.54) is 0 Å². The minimum atomic E-state index is -1.16. The molecule has 2 heterocycles. The molecule has 2 aliphatic rings. The van der Waals surface area contributed by atoms with Gasteiger partial charge in [0.1, 0.15) is 6.42 Å². The molecule has 0 N–H and O–H groups in total. The zero-order valence-corrected chi connectivity index (χ0v) is 11.1. The van der Waals surface area contributed by atoms with E-state index in [4.69, 9.17) is 0 Å². The van der Waals surface area contributed by atoms with Crippen LogP contribution in [0, 0.1) is 0 Å². The molecule has 116 valence electrons. The van der Waals surface area contributed by atoms with Crippen molar-refractivity contribution in [2.24, 2.45) is 0 Å². The molecule has 0 spiro atoms. The Morgan fingerprint density at radius 2 is 1.50 bits per heavy atom. The van der Waals surface area contributed by atoms with Crippen LogP contribution in [0.1, 0.15) is 19.3 Å². The van der Waals surface area contributed by atoms with E-state index in [-0.39, 0.29) is 12.8 Å². The second-order valence-electron chi connectivity index (χ2n) is 4.31. The molecule has 0 unspecified atom stereocenters. The molecule has 0 aliphatic carbocycles. The number of ether oxygens (including phenoxy) is 1. The van der Waals surface area contributed by atoms with Crippen molar-refractivity contribution in [3.63, 3.8) is 0 Å². The van der Waals surface area contributed by atoms with E-state index < -0.39 is 48.7 Å². The second-order valence-corrected chi connectivity index (χ2v) is 4.31. The van der Waals surface area contributed by atoms with Gasteiger partial charge in [-0.1, -0.05) is 0 Å². The average Bonchev–Trinajstić information content (AvgIpc) is 2.93. The summed E-state index contributed by atoms with van der Waals surface area (Å²) in [5.41, 5.74) is 0. The van der Waals surface area contributed by atoms with Gasteiger partial charge in [0.15, 0.2) is 6.73 Å². The van der Waals surface area contributed by atoms with Crippen LogP contribution < -0.4 is 0 Å². The van der Waals surface area contributed by atoms with Crippen molar-refractivity contribution >= 4 is 35.6 Å². The first-order valence-electron chi connectivity index (χ1n) is 6.14. The molecule has 4 amide bonds. The van der Waals surface area contributed by atoms with Gasteiger partial charge < -0.3 is 9.57 Å². The van der Waals surface area contributed by atoms with Crippen molar-refractivity contribution in [1.82, 2.24) is 9.96 Å². The number of imide groups is 2. The Balaban J connectivity index is 1.76. The van der Waals surface area contributed by atoms with Gasteiger partial charge in [-0.25, -0.2) is 9.69 Å². The minimum absolute atomic E-state index is 0.0667. The monoisotopic (exact) mass is 310 g/mol. The Morgan fingerprint density at radius 3 is 2.05 bits per heavy atom. The Kier molecular flexibility index (Phi) is 4.30. The van der Waals surface area contributed by atoms with Crippen molar-refractivity contribution in [2.45, 2.75) is 19.3 Å². The summed E-state index contributed by atoms with van der Waals surface area (Å²) < 4.78 is 4.57. The van der Waals surface area contributed by atoms with E-state index in [1.807, 2.05) is 0 Å². The summed E-state index contributed by atoms with van der Waals surface area (Å²) in [5, 5.41) is 0.299. The highest BCUT2D eigenvalue weighted by molar-refractivity contribution is 6.12. The molecule has 0 aromatic carbocycles. The lowest BCUT2D eigenvalue weighted by Crippen LogP contribution is -2.35. The molecule has 2 rings (SSSR count). The molecule has 10 heteroatoms. The van der Waals surface area contributed by atoms with Gasteiger partial charge in [-0.15, -0.1) is 5.06 Å². The molecule has 0 aromatic heterocycles. The van der Waals surface area contributed by atoms with Gasteiger partial charge in [-0.05, 0) is 0 Å². The Labute approximate surface area is 123 Å². The maximum atomic E-state index is 11.4. The quantitative estimate of drug-likeness (QED) is 0.338. The molecule has 2 aliphatic heterocycles. The van der Waals surface area contributed by atoms with Gasteiger partial charge in [0.05, 0.1) is 0 Å². The predicted octanol–water partition coefficient (Wildman–Crippen LogP) is -1.59. The van der Waals surface area contributed by atoms with E-state index >= 15 is 0 Å². The van der Waals surface area contributed by atoms with Crippen LogP contribution >= 0.6 is 0 Å². The van der Waals surface area contributed by atoms with Crippen LogP contribution in [0.15, 0.2) is 12.2 Å². The number of hydrogen-bond donors (Lipinski definition) is 0. The standard InChI is InChI=1S/C12H10N2O8/c15-7-1-2-8(16)13(7)6-21-11(19)5-12(20)22-14-9(17)3-4-10(14)18/h1-2H,3-6H2. The lowest BCUT2D eigenvalue weighted by molar-refractivity contribution is -0.199. The lowest BCUT2D eigenvalue weighted by atomic mass is 10.4. The fourth-order valence-electron chi connectivity index (χ4n) is 1.66. The molecule has 0 bridgehead atoms. The molecule has 10 nitrogen and oxygen atoms in total. The molecule has 1 fully saturated rings. The molecule has 0 aromatic rings. The SMILES string of the molecule is O=C(CC(=O)ON1C(=O)CCC1=O)OCN1C(=O)C=CC1=O. The number of carbonyl (C=O) groups excluding carboxylic acids is 6. The maximum absolute atomic E-state index is 11.4. The Hall–Kier alpha value is -3.04. The van der Waals surface area contributed by atoms with Crippen molar-refractivity contribution in [3.8, 4) is 0 Å². The van der Waals surface area contributed by atoms with Gasteiger partial charge >= 0.3 is 11.9 Å². The number of nitrogens with zero attached hydrogens (tertiary/aromatic N) is 2. The lowest BCUT2D eigenvalue weighted by Gasteiger charge is -2.14. The van der Waals surface area contributed by atoms with Crippen LogP contribution in [0.25, 0.3) is 0 Å². The first-order chi connectivity index (χ1) is 10.4. The van der Waals surface area contributed by atoms with Crippen LogP contribution in [0.5, 0.6) is 0 Å². The van der Waals surface area contributed by atoms with E-state index in [9.17, 15) is 28.8 Å². The third kappa shape index (κ3) is 3.34. The summed E-state index contributed by atoms with van der Waals surface area (Å²) in [5.74, 6) is -4.87. The van der Waals surface area contributed by atoms with Gasteiger partial charge in [-0.3, -0.25) is 24.0 Å². The number of rotatable bonds is 5. The fraction of sp³-hybridized carbons (Fsp3) is 0.333. The number of hydroxylamine groups is 2. The average molecular weight is 310 g/mol.